The number of amidine groups is 1. The van der Waals surface area contributed by atoms with Crippen LogP contribution in [0.5, 0.6) is 5.75 Å². The van der Waals surface area contributed by atoms with Gasteiger partial charge in [-0.3, -0.25) is 0 Å². The number of azide groups is 1. The highest BCUT2D eigenvalue weighted by Gasteiger charge is 2.15. The van der Waals surface area contributed by atoms with E-state index in [4.69, 9.17) is 10.3 Å². The average Bonchev–Trinajstić information content (AvgIpc) is 2.48. The number of para-hydroxylation sites is 1. The topological polar surface area (TPSA) is 104 Å². The highest BCUT2D eigenvalue weighted by Crippen LogP contribution is 2.15. The third kappa shape index (κ3) is 4.08. The molecule has 0 atom stereocenters. The molecule has 22 heavy (non-hydrogen) atoms. The zero-order chi connectivity index (χ0) is 16.0. The summed E-state index contributed by atoms with van der Waals surface area (Å²) in [5, 5.41) is 3.18. The number of ether oxygens (including phenoxy) is 1. The van der Waals surface area contributed by atoms with Crippen molar-refractivity contribution in [3.63, 3.8) is 0 Å². The SMILES string of the molecule is Cc1ccc(S(=O)(=O)/N=C(\N=[N+]=[N-])Oc2ccccc2)cc1. The number of hydrogen-bond donors (Lipinski definition) is 0. The summed E-state index contributed by atoms with van der Waals surface area (Å²) in [4.78, 5) is 2.52. The minimum atomic E-state index is -4.02. The van der Waals surface area contributed by atoms with E-state index in [2.05, 4.69) is 14.4 Å². The molecule has 8 heteroatoms. The summed E-state index contributed by atoms with van der Waals surface area (Å²) >= 11 is 0. The van der Waals surface area contributed by atoms with Crippen LogP contribution in [0.3, 0.4) is 0 Å². The highest BCUT2D eigenvalue weighted by molar-refractivity contribution is 7.90. The van der Waals surface area contributed by atoms with Crippen LogP contribution in [0.4, 0.5) is 0 Å². The maximum Gasteiger partial charge on any atom is 0.295 e. The lowest BCUT2D eigenvalue weighted by Crippen LogP contribution is -2.09. The Labute approximate surface area is 127 Å². The maximum absolute atomic E-state index is 12.2. The first kappa shape index (κ1) is 15.6. The van der Waals surface area contributed by atoms with Crippen LogP contribution in [-0.4, -0.2) is 14.4 Å². The zero-order valence-electron chi connectivity index (χ0n) is 11.6. The second-order valence-electron chi connectivity index (χ2n) is 4.27. The first-order valence-corrected chi connectivity index (χ1v) is 7.65. The Morgan fingerprint density at radius 3 is 2.32 bits per heavy atom. The van der Waals surface area contributed by atoms with Crippen LogP contribution in [-0.2, 0) is 10.0 Å². The van der Waals surface area contributed by atoms with Gasteiger partial charge in [0.05, 0.1) is 4.90 Å². The molecule has 0 radical (unpaired) electrons. The third-order valence-electron chi connectivity index (χ3n) is 2.60. The average molecular weight is 316 g/mol. The molecule has 0 saturated heterocycles. The molecule has 2 aromatic carbocycles. The van der Waals surface area contributed by atoms with Gasteiger partial charge < -0.3 is 4.74 Å². The maximum atomic E-state index is 12.2. The van der Waals surface area contributed by atoms with Crippen molar-refractivity contribution >= 4 is 16.0 Å². The van der Waals surface area contributed by atoms with E-state index < -0.39 is 16.0 Å². The van der Waals surface area contributed by atoms with E-state index in [0.29, 0.717) is 5.75 Å². The molecule has 0 N–H and O–H groups in total. The summed E-state index contributed by atoms with van der Waals surface area (Å²) in [6.07, 6.45) is 0. The first-order chi connectivity index (χ1) is 10.5. The van der Waals surface area contributed by atoms with Crippen molar-refractivity contribution in [3.05, 3.63) is 70.6 Å². The Kier molecular flexibility index (Phi) is 4.77. The largest absolute Gasteiger partial charge is 0.437 e. The molecule has 0 saturated carbocycles. The van der Waals surface area contributed by atoms with Gasteiger partial charge in [-0.15, -0.1) is 4.40 Å². The Bertz CT molecular complexity index is 824. The molecular formula is C14H12N4O3S. The van der Waals surface area contributed by atoms with Gasteiger partial charge in [-0.2, -0.15) is 8.42 Å². The predicted octanol–water partition coefficient (Wildman–Crippen LogP) is 3.43. The summed E-state index contributed by atoms with van der Waals surface area (Å²) in [6.45, 7) is 1.84. The van der Waals surface area contributed by atoms with Gasteiger partial charge in [0.25, 0.3) is 16.0 Å². The molecule has 0 amide bonds. The highest BCUT2D eigenvalue weighted by atomic mass is 32.2. The van der Waals surface area contributed by atoms with Gasteiger partial charge in [-0.1, -0.05) is 35.9 Å². The van der Waals surface area contributed by atoms with Gasteiger partial charge in [-0.05, 0) is 41.8 Å². The van der Waals surface area contributed by atoms with Crippen LogP contribution < -0.4 is 4.74 Å². The quantitative estimate of drug-likeness (QED) is 0.285. The van der Waals surface area contributed by atoms with Crippen LogP contribution >= 0.6 is 0 Å². The normalized spacial score (nSPS) is 11.6. The molecule has 0 aliphatic heterocycles. The van der Waals surface area contributed by atoms with Crippen molar-refractivity contribution in [2.45, 2.75) is 11.8 Å². The lowest BCUT2D eigenvalue weighted by atomic mass is 10.2. The monoisotopic (exact) mass is 316 g/mol. The minimum Gasteiger partial charge on any atom is -0.437 e. The van der Waals surface area contributed by atoms with Gasteiger partial charge in [0, 0.05) is 4.91 Å². The van der Waals surface area contributed by atoms with Crippen molar-refractivity contribution in [1.29, 1.82) is 0 Å². The van der Waals surface area contributed by atoms with Crippen LogP contribution in [0, 0.1) is 6.92 Å². The van der Waals surface area contributed by atoms with Crippen molar-refractivity contribution in [2.75, 3.05) is 0 Å². The molecule has 112 valence electrons. The second-order valence-corrected chi connectivity index (χ2v) is 5.87. The summed E-state index contributed by atoms with van der Waals surface area (Å²) in [5.41, 5.74) is 9.44. The van der Waals surface area contributed by atoms with Gasteiger partial charge in [0.1, 0.15) is 5.75 Å². The lowest BCUT2D eigenvalue weighted by Gasteiger charge is -2.04. The van der Waals surface area contributed by atoms with Gasteiger partial charge in [0.2, 0.25) is 0 Å². The van der Waals surface area contributed by atoms with E-state index in [1.165, 1.54) is 12.1 Å². The third-order valence-corrected chi connectivity index (χ3v) is 3.86. The van der Waals surface area contributed by atoms with E-state index in [1.54, 1.807) is 42.5 Å². The van der Waals surface area contributed by atoms with Crippen molar-refractivity contribution < 1.29 is 13.2 Å². The smallest absolute Gasteiger partial charge is 0.295 e. The number of nitrogens with zero attached hydrogens (tertiary/aromatic N) is 4. The number of sulfonamides is 1. The molecule has 7 nitrogen and oxygen atoms in total. The van der Waals surface area contributed by atoms with Gasteiger partial charge >= 0.3 is 0 Å². The molecule has 0 unspecified atom stereocenters. The fraction of sp³-hybridized carbons (Fsp3) is 0.0714. The molecule has 0 aromatic heterocycles. The molecule has 0 aliphatic rings. The standard InChI is InChI=1S/C14H12N4O3S/c1-11-7-9-13(10-8-11)22(19,20)17-14(16-18-15)21-12-5-3-2-4-6-12/h2-10H,1H3/b17-14+. The second kappa shape index (κ2) is 6.75. The zero-order valence-corrected chi connectivity index (χ0v) is 12.4. The van der Waals surface area contributed by atoms with E-state index in [0.717, 1.165) is 5.56 Å². The Morgan fingerprint density at radius 2 is 1.73 bits per heavy atom. The number of rotatable bonds is 3. The fourth-order valence-corrected chi connectivity index (χ4v) is 2.42. The molecule has 2 aromatic rings. The summed E-state index contributed by atoms with van der Waals surface area (Å²) in [5.74, 6) is 0.313. The van der Waals surface area contributed by atoms with Gasteiger partial charge in [0.15, 0.2) is 0 Å². The van der Waals surface area contributed by atoms with Crippen molar-refractivity contribution in [2.24, 2.45) is 9.51 Å². The molecule has 0 aliphatic carbocycles. The molecule has 0 fully saturated rings. The Balaban J connectivity index is 2.36. The van der Waals surface area contributed by atoms with Crippen molar-refractivity contribution in [1.82, 2.24) is 0 Å². The Morgan fingerprint density at radius 1 is 1.09 bits per heavy atom. The number of aryl methyl sites for hydroxylation is 1. The van der Waals surface area contributed by atoms with Crippen LogP contribution in [0.15, 0.2) is 69.0 Å². The molecular weight excluding hydrogens is 304 g/mol. The minimum absolute atomic E-state index is 0.0135. The van der Waals surface area contributed by atoms with Crippen LogP contribution in [0.1, 0.15) is 5.56 Å². The van der Waals surface area contributed by atoms with Gasteiger partial charge in [-0.25, -0.2) is 0 Å². The van der Waals surface area contributed by atoms with Crippen LogP contribution in [0.25, 0.3) is 10.4 Å². The number of hydrogen-bond acceptors (Lipinski definition) is 3. The van der Waals surface area contributed by atoms with Crippen molar-refractivity contribution in [3.8, 4) is 5.75 Å². The number of benzene rings is 2. The fourth-order valence-electron chi connectivity index (χ4n) is 1.56. The van der Waals surface area contributed by atoms with E-state index in [-0.39, 0.29) is 4.90 Å². The molecule has 0 heterocycles. The summed E-state index contributed by atoms with van der Waals surface area (Å²) < 4.78 is 33.0. The van der Waals surface area contributed by atoms with E-state index in [1.807, 2.05) is 6.92 Å². The summed E-state index contributed by atoms with van der Waals surface area (Å²) in [7, 11) is -4.02. The summed E-state index contributed by atoms with van der Waals surface area (Å²) in [6, 6.07) is 13.9. The lowest BCUT2D eigenvalue weighted by molar-refractivity contribution is 0.540. The molecule has 0 bridgehead atoms. The Hall–Kier alpha value is -2.83. The van der Waals surface area contributed by atoms with E-state index >= 15 is 0 Å². The molecule has 0 spiro atoms. The van der Waals surface area contributed by atoms with E-state index in [9.17, 15) is 8.42 Å². The predicted molar refractivity (Wildman–Crippen MR) is 82.0 cm³/mol. The molecule has 2 rings (SSSR count). The van der Waals surface area contributed by atoms with Crippen LogP contribution in [0.2, 0.25) is 0 Å². The first-order valence-electron chi connectivity index (χ1n) is 6.21.